The van der Waals surface area contributed by atoms with Gasteiger partial charge in [-0.2, -0.15) is 13.2 Å². The second kappa shape index (κ2) is 4.75. The highest BCUT2D eigenvalue weighted by Gasteiger charge is 2.41. The molecular formula is C14H15F3N2O2. The summed E-state index contributed by atoms with van der Waals surface area (Å²) in [5, 5.41) is 2.52. The first kappa shape index (κ1) is 15.3. The molecule has 7 heteroatoms. The number of nitrogens with one attached hydrogen (secondary N) is 1. The van der Waals surface area contributed by atoms with E-state index in [-0.39, 0.29) is 12.2 Å². The van der Waals surface area contributed by atoms with Crippen LogP contribution in [0.25, 0.3) is 0 Å². The van der Waals surface area contributed by atoms with Crippen LogP contribution in [0.3, 0.4) is 0 Å². The summed E-state index contributed by atoms with van der Waals surface area (Å²) >= 11 is 0. The van der Waals surface area contributed by atoms with Crippen LogP contribution in [0.2, 0.25) is 0 Å². The summed E-state index contributed by atoms with van der Waals surface area (Å²) in [6.07, 6.45) is -4.50. The van der Waals surface area contributed by atoms with Gasteiger partial charge in [0.25, 0.3) is 5.91 Å². The first-order valence-electron chi connectivity index (χ1n) is 6.33. The number of piperazine rings is 1. The minimum Gasteiger partial charge on any atom is -0.341 e. The molecule has 0 saturated carbocycles. The van der Waals surface area contributed by atoms with E-state index in [0.29, 0.717) is 5.56 Å². The van der Waals surface area contributed by atoms with Gasteiger partial charge in [0.05, 0.1) is 5.56 Å². The smallest absolute Gasteiger partial charge is 0.341 e. The zero-order valence-electron chi connectivity index (χ0n) is 11.8. The largest absolute Gasteiger partial charge is 0.416 e. The third-order valence-corrected chi connectivity index (χ3v) is 3.36. The Balaban J connectivity index is 2.50. The molecule has 2 rings (SSSR count). The van der Waals surface area contributed by atoms with E-state index in [0.717, 1.165) is 17.0 Å². The predicted molar refractivity (Wildman–Crippen MR) is 70.8 cm³/mol. The molecule has 0 aromatic heterocycles. The number of anilines is 1. The van der Waals surface area contributed by atoms with Gasteiger partial charge in [-0.05, 0) is 38.5 Å². The van der Waals surface area contributed by atoms with Crippen LogP contribution in [-0.4, -0.2) is 23.9 Å². The zero-order valence-corrected chi connectivity index (χ0v) is 11.8. The lowest BCUT2D eigenvalue weighted by atomic mass is 9.98. The molecule has 0 unspecified atom stereocenters. The van der Waals surface area contributed by atoms with E-state index in [4.69, 9.17) is 0 Å². The highest BCUT2D eigenvalue weighted by molar-refractivity contribution is 6.09. The average molecular weight is 300 g/mol. The Hall–Kier alpha value is -2.05. The lowest BCUT2D eigenvalue weighted by molar-refractivity contribution is -0.137. The number of hydrogen-bond acceptors (Lipinski definition) is 2. The van der Waals surface area contributed by atoms with Gasteiger partial charge in [0, 0.05) is 5.69 Å². The van der Waals surface area contributed by atoms with Crippen LogP contribution in [-0.2, 0) is 15.8 Å². The molecule has 1 heterocycles. The molecule has 21 heavy (non-hydrogen) atoms. The summed E-state index contributed by atoms with van der Waals surface area (Å²) < 4.78 is 38.4. The molecule has 0 bridgehead atoms. The number of alkyl halides is 3. The van der Waals surface area contributed by atoms with Gasteiger partial charge < -0.3 is 10.2 Å². The number of carbonyl (C=O) groups is 2. The molecule has 4 nitrogen and oxygen atoms in total. The van der Waals surface area contributed by atoms with Crippen molar-refractivity contribution in [1.82, 2.24) is 5.32 Å². The first-order valence-corrected chi connectivity index (χ1v) is 6.33. The molecular weight excluding hydrogens is 285 g/mol. The van der Waals surface area contributed by atoms with Crippen molar-refractivity contribution in [1.29, 1.82) is 0 Å². The minimum atomic E-state index is -4.50. The quantitative estimate of drug-likeness (QED) is 0.865. The van der Waals surface area contributed by atoms with E-state index in [1.54, 1.807) is 6.92 Å². The van der Waals surface area contributed by atoms with Gasteiger partial charge in [0.1, 0.15) is 12.1 Å². The van der Waals surface area contributed by atoms with Crippen LogP contribution < -0.4 is 10.2 Å². The van der Waals surface area contributed by atoms with Crippen molar-refractivity contribution >= 4 is 17.5 Å². The third kappa shape index (κ3) is 2.86. The molecule has 2 amide bonds. The second-order valence-electron chi connectivity index (χ2n) is 5.56. The maximum atomic E-state index is 12.8. The van der Waals surface area contributed by atoms with Crippen molar-refractivity contribution in [2.45, 2.75) is 32.5 Å². The van der Waals surface area contributed by atoms with Crippen molar-refractivity contribution in [2.75, 3.05) is 11.4 Å². The normalized spacial score (nSPS) is 18.7. The molecule has 1 saturated heterocycles. The SMILES string of the molecule is Cc1ccc(C(F)(F)F)cc1N1CC(=O)NC(C)(C)C1=O. The fourth-order valence-electron chi connectivity index (χ4n) is 2.27. The van der Waals surface area contributed by atoms with Crippen LogP contribution >= 0.6 is 0 Å². The molecule has 1 N–H and O–H groups in total. The topological polar surface area (TPSA) is 49.4 Å². The summed E-state index contributed by atoms with van der Waals surface area (Å²) in [6, 6.07) is 3.16. The Bertz CT molecular complexity index is 609. The number of nitrogens with zero attached hydrogens (tertiary/aromatic N) is 1. The second-order valence-corrected chi connectivity index (χ2v) is 5.56. The van der Waals surface area contributed by atoms with Gasteiger partial charge >= 0.3 is 6.18 Å². The van der Waals surface area contributed by atoms with Crippen molar-refractivity contribution in [2.24, 2.45) is 0 Å². The zero-order chi connectivity index (χ0) is 16.0. The third-order valence-electron chi connectivity index (χ3n) is 3.36. The standard InChI is InChI=1S/C14H15F3N2O2/c1-8-4-5-9(14(15,16)17)6-10(8)19-7-11(20)18-13(2,3)12(19)21/h4-6H,7H2,1-3H3,(H,18,20). The van der Waals surface area contributed by atoms with E-state index in [9.17, 15) is 22.8 Å². The van der Waals surface area contributed by atoms with Crippen LogP contribution in [0.5, 0.6) is 0 Å². The highest BCUT2D eigenvalue weighted by atomic mass is 19.4. The summed E-state index contributed by atoms with van der Waals surface area (Å²) in [7, 11) is 0. The van der Waals surface area contributed by atoms with Gasteiger partial charge in [0.2, 0.25) is 5.91 Å². The van der Waals surface area contributed by atoms with Crippen LogP contribution in [0.15, 0.2) is 18.2 Å². The van der Waals surface area contributed by atoms with Crippen molar-refractivity contribution in [3.8, 4) is 0 Å². The molecule has 1 aromatic rings. The summed E-state index contributed by atoms with van der Waals surface area (Å²) in [5.74, 6) is -0.846. The first-order chi connectivity index (χ1) is 9.52. The van der Waals surface area contributed by atoms with E-state index in [1.165, 1.54) is 19.9 Å². The average Bonchev–Trinajstić information content (AvgIpc) is 2.32. The number of aryl methyl sites for hydroxylation is 1. The Morgan fingerprint density at radius 3 is 2.43 bits per heavy atom. The Kier molecular flexibility index (Phi) is 3.47. The van der Waals surface area contributed by atoms with E-state index < -0.39 is 29.1 Å². The molecule has 1 aliphatic heterocycles. The number of carbonyl (C=O) groups excluding carboxylic acids is 2. The molecule has 0 aliphatic carbocycles. The number of benzene rings is 1. The number of rotatable bonds is 1. The highest BCUT2D eigenvalue weighted by Crippen LogP contribution is 2.34. The van der Waals surface area contributed by atoms with Gasteiger partial charge in [-0.15, -0.1) is 0 Å². The monoisotopic (exact) mass is 300 g/mol. The van der Waals surface area contributed by atoms with E-state index in [2.05, 4.69) is 5.32 Å². The summed E-state index contributed by atoms with van der Waals surface area (Å²) in [5.41, 5.74) is -1.38. The summed E-state index contributed by atoms with van der Waals surface area (Å²) in [6.45, 7) is 4.34. The van der Waals surface area contributed by atoms with Gasteiger partial charge in [-0.25, -0.2) is 0 Å². The molecule has 1 aromatic carbocycles. The van der Waals surface area contributed by atoms with Crippen LogP contribution in [0.1, 0.15) is 25.0 Å². The fraction of sp³-hybridized carbons (Fsp3) is 0.429. The Labute approximate surface area is 119 Å². The van der Waals surface area contributed by atoms with Crippen molar-refractivity contribution < 1.29 is 22.8 Å². The number of halogens is 3. The van der Waals surface area contributed by atoms with E-state index in [1.807, 2.05) is 0 Å². The van der Waals surface area contributed by atoms with Gasteiger partial charge in [-0.3, -0.25) is 9.59 Å². The maximum Gasteiger partial charge on any atom is 0.416 e. The van der Waals surface area contributed by atoms with Gasteiger partial charge in [-0.1, -0.05) is 6.07 Å². The van der Waals surface area contributed by atoms with Crippen LogP contribution in [0.4, 0.5) is 18.9 Å². The molecule has 0 radical (unpaired) electrons. The molecule has 0 atom stereocenters. The Morgan fingerprint density at radius 2 is 1.86 bits per heavy atom. The van der Waals surface area contributed by atoms with Crippen LogP contribution in [0, 0.1) is 6.92 Å². The lowest BCUT2D eigenvalue weighted by Crippen LogP contribution is -2.64. The van der Waals surface area contributed by atoms with Crippen molar-refractivity contribution in [3.05, 3.63) is 29.3 Å². The maximum absolute atomic E-state index is 12.8. The molecule has 0 spiro atoms. The fourth-order valence-corrected chi connectivity index (χ4v) is 2.27. The van der Waals surface area contributed by atoms with Crippen molar-refractivity contribution in [3.63, 3.8) is 0 Å². The Morgan fingerprint density at radius 1 is 1.24 bits per heavy atom. The summed E-state index contributed by atoms with van der Waals surface area (Å²) in [4.78, 5) is 25.1. The molecule has 1 fully saturated rings. The van der Waals surface area contributed by atoms with E-state index >= 15 is 0 Å². The number of amides is 2. The predicted octanol–water partition coefficient (Wildman–Crippen LogP) is 2.26. The molecule has 1 aliphatic rings. The lowest BCUT2D eigenvalue weighted by Gasteiger charge is -2.38. The minimum absolute atomic E-state index is 0.109. The molecule has 114 valence electrons. The number of hydrogen-bond donors (Lipinski definition) is 1. The van der Waals surface area contributed by atoms with Gasteiger partial charge in [0.15, 0.2) is 0 Å².